The molecule has 8 nitrogen and oxygen atoms in total. The highest BCUT2D eigenvalue weighted by molar-refractivity contribution is 9.10. The van der Waals surface area contributed by atoms with E-state index in [-0.39, 0.29) is 29.1 Å². The van der Waals surface area contributed by atoms with E-state index in [1.54, 1.807) is 49.4 Å². The predicted octanol–water partition coefficient (Wildman–Crippen LogP) is 4.99. The van der Waals surface area contributed by atoms with Gasteiger partial charge in [0.1, 0.15) is 18.3 Å². The van der Waals surface area contributed by atoms with Crippen molar-refractivity contribution in [2.24, 2.45) is 0 Å². The number of ether oxygens (including phenoxy) is 1. The second-order valence-electron chi connectivity index (χ2n) is 9.17. The number of nitrogens with one attached hydrogen (secondary N) is 1. The lowest BCUT2D eigenvalue weighted by atomic mass is 10.1. The molecule has 10 heteroatoms. The van der Waals surface area contributed by atoms with E-state index < -0.39 is 28.5 Å². The third kappa shape index (κ3) is 7.83. The van der Waals surface area contributed by atoms with Gasteiger partial charge in [-0.2, -0.15) is 0 Å². The van der Waals surface area contributed by atoms with E-state index in [1.165, 1.54) is 24.1 Å². The SMILES string of the molecule is CC[C@@H](C)NC(=O)[C@@H](C)N(Cc1cccc(Br)c1)C(=O)CN(c1cccc(OC)c1)S(=O)(=O)c1ccccc1. The zero-order chi connectivity index (χ0) is 28.6. The molecular formula is C29H34BrN3O5S. The van der Waals surface area contributed by atoms with Crippen LogP contribution in [-0.4, -0.2) is 50.9 Å². The Bertz CT molecular complexity index is 1380. The van der Waals surface area contributed by atoms with Crippen molar-refractivity contribution in [1.29, 1.82) is 0 Å². The molecule has 0 unspecified atom stereocenters. The summed E-state index contributed by atoms with van der Waals surface area (Å²) in [6.45, 7) is 5.10. The van der Waals surface area contributed by atoms with Crippen LogP contribution in [0.4, 0.5) is 5.69 Å². The van der Waals surface area contributed by atoms with Crippen molar-refractivity contribution in [1.82, 2.24) is 10.2 Å². The number of hydrogen-bond donors (Lipinski definition) is 1. The van der Waals surface area contributed by atoms with Gasteiger partial charge in [-0.25, -0.2) is 8.42 Å². The van der Waals surface area contributed by atoms with Crippen molar-refractivity contribution in [2.45, 2.75) is 50.7 Å². The van der Waals surface area contributed by atoms with Crippen LogP contribution in [0.2, 0.25) is 0 Å². The third-order valence-corrected chi connectivity index (χ3v) is 8.64. The maximum absolute atomic E-state index is 13.9. The number of rotatable bonds is 12. The van der Waals surface area contributed by atoms with Gasteiger partial charge in [-0.15, -0.1) is 0 Å². The van der Waals surface area contributed by atoms with Crippen molar-refractivity contribution in [3.63, 3.8) is 0 Å². The summed E-state index contributed by atoms with van der Waals surface area (Å²) in [7, 11) is -2.65. The lowest BCUT2D eigenvalue weighted by Gasteiger charge is -2.32. The molecule has 3 rings (SSSR count). The molecule has 0 aromatic heterocycles. The first-order valence-electron chi connectivity index (χ1n) is 12.6. The number of benzene rings is 3. The van der Waals surface area contributed by atoms with E-state index in [4.69, 9.17) is 4.74 Å². The molecule has 2 amide bonds. The van der Waals surface area contributed by atoms with Gasteiger partial charge in [-0.1, -0.05) is 59.3 Å². The van der Waals surface area contributed by atoms with Crippen molar-refractivity contribution >= 4 is 43.5 Å². The van der Waals surface area contributed by atoms with Crippen LogP contribution in [0.5, 0.6) is 5.75 Å². The lowest BCUT2D eigenvalue weighted by Crippen LogP contribution is -2.52. The Kier molecular flexibility index (Phi) is 10.5. The predicted molar refractivity (Wildman–Crippen MR) is 156 cm³/mol. The first-order valence-corrected chi connectivity index (χ1v) is 14.9. The fourth-order valence-corrected chi connectivity index (χ4v) is 5.77. The smallest absolute Gasteiger partial charge is 0.264 e. The van der Waals surface area contributed by atoms with E-state index >= 15 is 0 Å². The van der Waals surface area contributed by atoms with Crippen LogP contribution >= 0.6 is 15.9 Å². The molecule has 0 aliphatic rings. The third-order valence-electron chi connectivity index (χ3n) is 6.36. The molecule has 0 aliphatic heterocycles. The molecule has 0 aliphatic carbocycles. The lowest BCUT2D eigenvalue weighted by molar-refractivity contribution is -0.139. The van der Waals surface area contributed by atoms with Gasteiger partial charge in [0.25, 0.3) is 10.0 Å². The molecule has 0 saturated heterocycles. The number of sulfonamides is 1. The van der Waals surface area contributed by atoms with E-state index in [0.717, 1.165) is 20.8 Å². The Labute approximate surface area is 239 Å². The van der Waals surface area contributed by atoms with Crippen molar-refractivity contribution in [3.05, 3.63) is 88.9 Å². The Morgan fingerprint density at radius 2 is 1.67 bits per heavy atom. The van der Waals surface area contributed by atoms with Crippen LogP contribution in [0, 0.1) is 0 Å². The van der Waals surface area contributed by atoms with E-state index in [2.05, 4.69) is 21.2 Å². The van der Waals surface area contributed by atoms with Gasteiger partial charge in [0.05, 0.1) is 17.7 Å². The topological polar surface area (TPSA) is 96.0 Å². The number of anilines is 1. The molecule has 2 atom stereocenters. The summed E-state index contributed by atoms with van der Waals surface area (Å²) in [4.78, 5) is 28.5. The zero-order valence-electron chi connectivity index (χ0n) is 22.5. The largest absolute Gasteiger partial charge is 0.497 e. The first kappa shape index (κ1) is 30.2. The Hall–Kier alpha value is -3.37. The molecule has 3 aromatic carbocycles. The van der Waals surface area contributed by atoms with Gasteiger partial charge in [0.2, 0.25) is 11.8 Å². The van der Waals surface area contributed by atoms with E-state index in [0.29, 0.717) is 5.75 Å². The Morgan fingerprint density at radius 3 is 2.31 bits per heavy atom. The highest BCUT2D eigenvalue weighted by atomic mass is 79.9. The zero-order valence-corrected chi connectivity index (χ0v) is 24.9. The van der Waals surface area contributed by atoms with Crippen molar-refractivity contribution in [2.75, 3.05) is 18.0 Å². The second-order valence-corrected chi connectivity index (χ2v) is 11.9. The minimum atomic E-state index is -4.13. The van der Waals surface area contributed by atoms with Crippen molar-refractivity contribution in [3.8, 4) is 5.75 Å². The van der Waals surface area contributed by atoms with Gasteiger partial charge in [0.15, 0.2) is 0 Å². The number of carbonyl (C=O) groups excluding carboxylic acids is 2. The quantitative estimate of drug-likeness (QED) is 0.310. The highest BCUT2D eigenvalue weighted by Gasteiger charge is 2.33. The normalized spacial score (nSPS) is 12.7. The molecule has 0 fully saturated rings. The Balaban J connectivity index is 2.03. The maximum Gasteiger partial charge on any atom is 0.264 e. The second kappa shape index (κ2) is 13.6. The number of halogens is 1. The minimum Gasteiger partial charge on any atom is -0.497 e. The average Bonchev–Trinajstić information content (AvgIpc) is 2.94. The standard InChI is InChI=1S/C29H34BrN3O5S/c1-5-21(2)31-29(35)22(3)32(19-23-11-9-12-24(30)17-23)28(34)20-33(25-13-10-14-26(18-25)38-4)39(36,37)27-15-7-6-8-16-27/h6-18,21-22H,5,19-20H2,1-4H3,(H,31,35)/t21-,22-/m1/s1. The molecule has 3 aromatic rings. The number of methoxy groups -OCH3 is 1. The molecule has 0 saturated carbocycles. The number of amides is 2. The summed E-state index contributed by atoms with van der Waals surface area (Å²) in [5.41, 5.74) is 1.06. The van der Waals surface area contributed by atoms with Gasteiger partial charge >= 0.3 is 0 Å². The molecule has 208 valence electrons. The van der Waals surface area contributed by atoms with E-state index in [1.807, 2.05) is 38.1 Å². The monoisotopic (exact) mass is 615 g/mol. The molecular weight excluding hydrogens is 582 g/mol. The van der Waals surface area contributed by atoms with Gasteiger partial charge in [0, 0.05) is 23.1 Å². The first-order chi connectivity index (χ1) is 18.6. The maximum atomic E-state index is 13.9. The number of carbonyl (C=O) groups is 2. The molecule has 0 heterocycles. The van der Waals surface area contributed by atoms with Crippen LogP contribution in [0.25, 0.3) is 0 Å². The summed E-state index contributed by atoms with van der Waals surface area (Å²) in [6.07, 6.45) is 0.733. The van der Waals surface area contributed by atoms with Crippen LogP contribution in [0.3, 0.4) is 0 Å². The fraction of sp³-hybridized carbons (Fsp3) is 0.310. The van der Waals surface area contributed by atoms with Crippen LogP contribution in [-0.2, 0) is 26.2 Å². The fourth-order valence-electron chi connectivity index (χ4n) is 3.89. The number of hydrogen-bond acceptors (Lipinski definition) is 5. The molecule has 1 N–H and O–H groups in total. The summed E-state index contributed by atoms with van der Waals surface area (Å²) in [5.74, 6) is -0.392. The average molecular weight is 617 g/mol. The summed E-state index contributed by atoms with van der Waals surface area (Å²) in [5, 5.41) is 2.93. The molecule has 39 heavy (non-hydrogen) atoms. The highest BCUT2D eigenvalue weighted by Crippen LogP contribution is 2.27. The van der Waals surface area contributed by atoms with Gasteiger partial charge < -0.3 is 15.0 Å². The van der Waals surface area contributed by atoms with Gasteiger partial charge in [-0.05, 0) is 62.2 Å². The van der Waals surface area contributed by atoms with E-state index in [9.17, 15) is 18.0 Å². The van der Waals surface area contributed by atoms with Gasteiger partial charge in [-0.3, -0.25) is 13.9 Å². The molecule has 0 bridgehead atoms. The number of nitrogens with zero attached hydrogens (tertiary/aromatic N) is 2. The summed E-state index contributed by atoms with van der Waals surface area (Å²) in [6, 6.07) is 20.9. The summed E-state index contributed by atoms with van der Waals surface area (Å²) < 4.78 is 34.8. The van der Waals surface area contributed by atoms with Crippen LogP contribution < -0.4 is 14.4 Å². The van der Waals surface area contributed by atoms with Crippen LogP contribution in [0.1, 0.15) is 32.8 Å². The molecule has 0 radical (unpaired) electrons. The summed E-state index contributed by atoms with van der Waals surface area (Å²) >= 11 is 3.45. The molecule has 0 spiro atoms. The van der Waals surface area contributed by atoms with Crippen LogP contribution in [0.15, 0.2) is 88.2 Å². The minimum absolute atomic E-state index is 0.0433. The Morgan fingerprint density at radius 1 is 0.974 bits per heavy atom. The van der Waals surface area contributed by atoms with Crippen molar-refractivity contribution < 1.29 is 22.7 Å².